The molecule has 0 atom stereocenters. The van der Waals surface area contributed by atoms with E-state index in [-0.39, 0.29) is 5.56 Å². The first-order valence-electron chi connectivity index (χ1n) is 10.3. The van der Waals surface area contributed by atoms with Crippen molar-refractivity contribution in [3.8, 4) is 17.0 Å². The van der Waals surface area contributed by atoms with E-state index in [4.69, 9.17) is 4.74 Å². The van der Waals surface area contributed by atoms with Gasteiger partial charge >= 0.3 is 0 Å². The molecule has 0 saturated carbocycles. The molecule has 0 radical (unpaired) electrons. The Labute approximate surface area is 163 Å². The molecule has 1 aliphatic rings. The van der Waals surface area contributed by atoms with E-state index in [0.717, 1.165) is 36.6 Å². The highest BCUT2D eigenvalue weighted by molar-refractivity contribution is 5.59. The predicted octanol–water partition coefficient (Wildman–Crippen LogP) is 4.74. The van der Waals surface area contributed by atoms with E-state index in [2.05, 4.69) is 15.1 Å². The SMILES string of the molecule is CC.CC.O=c1ccc(-c2ccc(OCCCN3CCCCC3)cc2)n[nH]1. The molecular weight excluding hydrogens is 338 g/mol. The van der Waals surface area contributed by atoms with Crippen molar-refractivity contribution in [3.63, 3.8) is 0 Å². The number of aromatic amines is 1. The van der Waals surface area contributed by atoms with Crippen molar-refractivity contribution >= 4 is 0 Å². The first-order chi connectivity index (χ1) is 13.3. The molecule has 0 bridgehead atoms. The normalized spacial score (nSPS) is 13.6. The molecule has 1 N–H and O–H groups in total. The van der Waals surface area contributed by atoms with Crippen LogP contribution in [0.3, 0.4) is 0 Å². The van der Waals surface area contributed by atoms with Crippen molar-refractivity contribution in [2.24, 2.45) is 0 Å². The van der Waals surface area contributed by atoms with Gasteiger partial charge in [-0.15, -0.1) is 0 Å². The Balaban J connectivity index is 0.000000855. The molecule has 5 heteroatoms. The van der Waals surface area contributed by atoms with E-state index in [1.165, 1.54) is 38.4 Å². The van der Waals surface area contributed by atoms with Crippen LogP contribution in [0.2, 0.25) is 0 Å². The summed E-state index contributed by atoms with van der Waals surface area (Å²) in [5.74, 6) is 0.872. The Bertz CT molecular complexity index is 642. The van der Waals surface area contributed by atoms with Crippen LogP contribution in [-0.4, -0.2) is 41.3 Å². The molecule has 150 valence electrons. The lowest BCUT2D eigenvalue weighted by atomic mass is 10.1. The van der Waals surface area contributed by atoms with Gasteiger partial charge in [0, 0.05) is 18.2 Å². The van der Waals surface area contributed by atoms with E-state index in [1.54, 1.807) is 6.07 Å². The standard InChI is InChI=1S/C18H23N3O2.2C2H6/c22-18-10-9-17(19-20-18)15-5-7-16(8-6-15)23-14-4-13-21-11-2-1-3-12-21;2*1-2/h5-10H,1-4,11-14H2,(H,20,22);2*1-2H3. The number of hydrogen-bond donors (Lipinski definition) is 1. The summed E-state index contributed by atoms with van der Waals surface area (Å²) in [7, 11) is 0. The molecule has 1 aliphatic heterocycles. The van der Waals surface area contributed by atoms with Crippen LogP contribution in [-0.2, 0) is 0 Å². The van der Waals surface area contributed by atoms with E-state index in [1.807, 2.05) is 52.0 Å². The molecule has 0 spiro atoms. The summed E-state index contributed by atoms with van der Waals surface area (Å²) in [6.45, 7) is 12.3. The number of benzene rings is 1. The third kappa shape index (κ3) is 8.39. The lowest BCUT2D eigenvalue weighted by molar-refractivity contribution is 0.205. The second kappa shape index (κ2) is 14.0. The summed E-state index contributed by atoms with van der Waals surface area (Å²) < 4.78 is 5.80. The summed E-state index contributed by atoms with van der Waals surface area (Å²) in [5, 5.41) is 6.47. The number of nitrogens with one attached hydrogen (secondary N) is 1. The maximum absolute atomic E-state index is 11.0. The summed E-state index contributed by atoms with van der Waals surface area (Å²) in [6, 6.07) is 11.0. The molecule has 5 nitrogen and oxygen atoms in total. The fourth-order valence-electron chi connectivity index (χ4n) is 2.89. The summed E-state index contributed by atoms with van der Waals surface area (Å²) in [5.41, 5.74) is 1.52. The minimum absolute atomic E-state index is 0.192. The number of rotatable bonds is 6. The van der Waals surface area contributed by atoms with Gasteiger partial charge in [-0.3, -0.25) is 4.79 Å². The van der Waals surface area contributed by atoms with Crippen LogP contribution in [0, 0.1) is 0 Å². The van der Waals surface area contributed by atoms with Gasteiger partial charge in [-0.1, -0.05) is 34.1 Å². The summed E-state index contributed by atoms with van der Waals surface area (Å²) in [4.78, 5) is 13.6. The number of likely N-dealkylation sites (tertiary alicyclic amines) is 1. The fourth-order valence-corrected chi connectivity index (χ4v) is 2.89. The van der Waals surface area contributed by atoms with Gasteiger partial charge in [-0.05, 0) is 62.7 Å². The van der Waals surface area contributed by atoms with Crippen molar-refractivity contribution in [3.05, 3.63) is 46.8 Å². The number of piperidine rings is 1. The highest BCUT2D eigenvalue weighted by Gasteiger charge is 2.09. The van der Waals surface area contributed by atoms with Crippen LogP contribution in [0.15, 0.2) is 41.2 Å². The van der Waals surface area contributed by atoms with Crippen molar-refractivity contribution in [2.75, 3.05) is 26.2 Å². The van der Waals surface area contributed by atoms with Crippen molar-refractivity contribution < 1.29 is 4.74 Å². The topological polar surface area (TPSA) is 58.2 Å². The minimum Gasteiger partial charge on any atom is -0.494 e. The van der Waals surface area contributed by atoms with Crippen LogP contribution >= 0.6 is 0 Å². The van der Waals surface area contributed by atoms with Gasteiger partial charge in [-0.2, -0.15) is 5.10 Å². The third-order valence-corrected chi connectivity index (χ3v) is 4.17. The lowest BCUT2D eigenvalue weighted by Gasteiger charge is -2.26. The monoisotopic (exact) mass is 373 g/mol. The van der Waals surface area contributed by atoms with Crippen LogP contribution in [0.1, 0.15) is 53.4 Å². The molecular formula is C22H35N3O2. The molecule has 0 aliphatic carbocycles. The highest BCUT2D eigenvalue weighted by Crippen LogP contribution is 2.19. The Morgan fingerprint density at radius 1 is 0.963 bits per heavy atom. The molecule has 1 saturated heterocycles. The zero-order chi connectivity index (χ0) is 19.9. The second-order valence-electron chi connectivity index (χ2n) is 5.94. The number of ether oxygens (including phenoxy) is 1. The van der Waals surface area contributed by atoms with Gasteiger partial charge in [0.2, 0.25) is 0 Å². The molecule has 2 heterocycles. The second-order valence-corrected chi connectivity index (χ2v) is 5.94. The van der Waals surface area contributed by atoms with Crippen molar-refractivity contribution in [1.29, 1.82) is 0 Å². The molecule has 0 amide bonds. The first kappa shape index (κ1) is 22.9. The molecule has 0 unspecified atom stereocenters. The molecule has 1 aromatic heterocycles. The predicted molar refractivity (Wildman–Crippen MR) is 113 cm³/mol. The Morgan fingerprint density at radius 2 is 1.63 bits per heavy atom. The number of H-pyrrole nitrogens is 1. The van der Waals surface area contributed by atoms with E-state index in [9.17, 15) is 4.79 Å². The van der Waals surface area contributed by atoms with Gasteiger partial charge in [0.25, 0.3) is 5.56 Å². The quantitative estimate of drug-likeness (QED) is 0.743. The van der Waals surface area contributed by atoms with E-state index < -0.39 is 0 Å². The smallest absolute Gasteiger partial charge is 0.264 e. The maximum atomic E-state index is 11.0. The summed E-state index contributed by atoms with van der Waals surface area (Å²) >= 11 is 0. The summed E-state index contributed by atoms with van der Waals surface area (Å²) in [6.07, 6.45) is 5.11. The molecule has 27 heavy (non-hydrogen) atoms. The van der Waals surface area contributed by atoms with Gasteiger partial charge in [0.1, 0.15) is 5.75 Å². The van der Waals surface area contributed by atoms with Crippen molar-refractivity contribution in [2.45, 2.75) is 53.4 Å². The van der Waals surface area contributed by atoms with Crippen LogP contribution in [0.5, 0.6) is 5.75 Å². The maximum Gasteiger partial charge on any atom is 0.264 e. The van der Waals surface area contributed by atoms with Crippen LogP contribution in [0.4, 0.5) is 0 Å². The van der Waals surface area contributed by atoms with Gasteiger partial charge in [-0.25, -0.2) is 5.10 Å². The zero-order valence-electron chi connectivity index (χ0n) is 17.3. The van der Waals surface area contributed by atoms with Gasteiger partial charge < -0.3 is 9.64 Å². The van der Waals surface area contributed by atoms with Crippen molar-refractivity contribution in [1.82, 2.24) is 15.1 Å². The van der Waals surface area contributed by atoms with Gasteiger partial charge in [0.05, 0.1) is 12.3 Å². The van der Waals surface area contributed by atoms with Gasteiger partial charge in [0.15, 0.2) is 0 Å². The Morgan fingerprint density at radius 3 is 2.22 bits per heavy atom. The van der Waals surface area contributed by atoms with E-state index in [0.29, 0.717) is 0 Å². The van der Waals surface area contributed by atoms with Crippen LogP contribution < -0.4 is 10.3 Å². The third-order valence-electron chi connectivity index (χ3n) is 4.17. The molecule has 1 fully saturated rings. The first-order valence-corrected chi connectivity index (χ1v) is 10.3. The van der Waals surface area contributed by atoms with Crippen LogP contribution in [0.25, 0.3) is 11.3 Å². The number of aromatic nitrogens is 2. The molecule has 2 aromatic rings. The zero-order valence-corrected chi connectivity index (χ0v) is 17.3. The average Bonchev–Trinajstić information content (AvgIpc) is 2.76. The molecule has 1 aromatic carbocycles. The molecule has 3 rings (SSSR count). The Kier molecular flexibility index (Phi) is 11.9. The minimum atomic E-state index is -0.192. The number of hydrogen-bond acceptors (Lipinski definition) is 4. The highest BCUT2D eigenvalue weighted by atomic mass is 16.5. The largest absolute Gasteiger partial charge is 0.494 e. The van der Waals surface area contributed by atoms with E-state index >= 15 is 0 Å². The average molecular weight is 374 g/mol. The number of nitrogens with zero attached hydrogens (tertiary/aromatic N) is 2. The lowest BCUT2D eigenvalue weighted by Crippen LogP contribution is -2.31. The Hall–Kier alpha value is -2.14. The fraction of sp³-hybridized carbons (Fsp3) is 0.545.